The van der Waals surface area contributed by atoms with Gasteiger partial charge in [-0.05, 0) is 42.5 Å². The third-order valence-corrected chi connectivity index (χ3v) is 2.84. The Kier molecular flexibility index (Phi) is 5.30. The molecule has 2 aromatic rings. The SMILES string of the molecule is O=C(N/N=C\C=C\c1ccccc1[N+](=O)[O-])c1ccc(F)cc1. The van der Waals surface area contributed by atoms with E-state index in [9.17, 15) is 19.3 Å². The Hall–Kier alpha value is -3.35. The summed E-state index contributed by atoms with van der Waals surface area (Å²) < 4.78 is 12.7. The zero-order valence-corrected chi connectivity index (χ0v) is 11.8. The van der Waals surface area contributed by atoms with E-state index in [1.165, 1.54) is 48.7 Å². The molecule has 2 rings (SSSR count). The maximum atomic E-state index is 12.7. The molecule has 0 heterocycles. The Balaban J connectivity index is 1.95. The van der Waals surface area contributed by atoms with Crippen LogP contribution in [-0.4, -0.2) is 17.0 Å². The minimum atomic E-state index is -0.486. The molecule has 0 saturated heterocycles. The van der Waals surface area contributed by atoms with E-state index >= 15 is 0 Å². The number of halogens is 1. The number of nitro benzene ring substituents is 1. The van der Waals surface area contributed by atoms with Crippen molar-refractivity contribution in [1.29, 1.82) is 0 Å². The van der Waals surface area contributed by atoms with E-state index in [0.29, 0.717) is 5.56 Å². The molecule has 6 nitrogen and oxygen atoms in total. The summed E-state index contributed by atoms with van der Waals surface area (Å²) in [6, 6.07) is 11.3. The normalized spacial score (nSPS) is 11.0. The molecule has 0 aliphatic rings. The van der Waals surface area contributed by atoms with Gasteiger partial charge in [-0.15, -0.1) is 0 Å². The van der Waals surface area contributed by atoms with Gasteiger partial charge in [-0.3, -0.25) is 14.9 Å². The van der Waals surface area contributed by atoms with Gasteiger partial charge in [-0.25, -0.2) is 9.82 Å². The van der Waals surface area contributed by atoms with Crippen LogP contribution in [0, 0.1) is 15.9 Å². The second-order valence-electron chi connectivity index (χ2n) is 4.40. The maximum Gasteiger partial charge on any atom is 0.276 e. The summed E-state index contributed by atoms with van der Waals surface area (Å²) in [7, 11) is 0. The van der Waals surface area contributed by atoms with Crippen LogP contribution in [0.3, 0.4) is 0 Å². The highest BCUT2D eigenvalue weighted by Crippen LogP contribution is 2.18. The van der Waals surface area contributed by atoms with Crippen LogP contribution in [0.2, 0.25) is 0 Å². The van der Waals surface area contributed by atoms with E-state index in [4.69, 9.17) is 0 Å². The third kappa shape index (κ3) is 4.57. The van der Waals surface area contributed by atoms with Crippen LogP contribution < -0.4 is 5.43 Å². The predicted octanol–water partition coefficient (Wildman–Crippen LogP) is 3.16. The molecular formula is C16H12FN3O3. The molecule has 0 radical (unpaired) electrons. The number of para-hydroxylation sites is 1. The van der Waals surface area contributed by atoms with Gasteiger partial charge in [0.25, 0.3) is 11.6 Å². The van der Waals surface area contributed by atoms with Gasteiger partial charge in [0.1, 0.15) is 5.82 Å². The summed E-state index contributed by atoms with van der Waals surface area (Å²) in [5, 5.41) is 14.5. The molecule has 7 heteroatoms. The third-order valence-electron chi connectivity index (χ3n) is 2.84. The lowest BCUT2D eigenvalue weighted by Gasteiger charge is -1.98. The molecule has 0 spiro atoms. The van der Waals surface area contributed by atoms with Crippen LogP contribution in [0.1, 0.15) is 15.9 Å². The van der Waals surface area contributed by atoms with Crippen molar-refractivity contribution < 1.29 is 14.1 Å². The summed E-state index contributed by atoms with van der Waals surface area (Å²) in [5.74, 6) is -0.919. The summed E-state index contributed by atoms with van der Waals surface area (Å²) in [6.45, 7) is 0. The minimum Gasteiger partial charge on any atom is -0.267 e. The highest BCUT2D eigenvalue weighted by atomic mass is 19.1. The number of amides is 1. The molecule has 0 fully saturated rings. The van der Waals surface area contributed by atoms with E-state index in [1.807, 2.05) is 0 Å². The van der Waals surface area contributed by atoms with E-state index in [0.717, 1.165) is 0 Å². The van der Waals surface area contributed by atoms with Crippen molar-refractivity contribution >= 4 is 23.9 Å². The topological polar surface area (TPSA) is 84.6 Å². The first-order valence-electron chi connectivity index (χ1n) is 6.57. The molecule has 23 heavy (non-hydrogen) atoms. The molecule has 0 aromatic heterocycles. The van der Waals surface area contributed by atoms with E-state index in [1.54, 1.807) is 18.2 Å². The number of rotatable bonds is 5. The molecule has 1 N–H and O–H groups in total. The number of hydrogen-bond acceptors (Lipinski definition) is 4. The van der Waals surface area contributed by atoms with Crippen molar-refractivity contribution in [2.24, 2.45) is 5.10 Å². The zero-order chi connectivity index (χ0) is 16.7. The first-order valence-corrected chi connectivity index (χ1v) is 6.57. The summed E-state index contributed by atoms with van der Waals surface area (Å²) in [5.41, 5.74) is 2.94. The Bertz CT molecular complexity index is 770. The Morgan fingerprint density at radius 1 is 1.17 bits per heavy atom. The Morgan fingerprint density at radius 3 is 2.57 bits per heavy atom. The second kappa shape index (κ2) is 7.60. The first kappa shape index (κ1) is 16.0. The molecule has 1 amide bonds. The number of benzene rings is 2. The molecule has 0 unspecified atom stereocenters. The molecule has 0 saturated carbocycles. The fourth-order valence-electron chi connectivity index (χ4n) is 1.75. The number of hydrazone groups is 1. The van der Waals surface area contributed by atoms with Crippen molar-refractivity contribution in [1.82, 2.24) is 5.43 Å². The largest absolute Gasteiger partial charge is 0.276 e. The Labute approximate surface area is 131 Å². The van der Waals surface area contributed by atoms with Crippen molar-refractivity contribution in [3.05, 3.63) is 81.7 Å². The van der Waals surface area contributed by atoms with Crippen LogP contribution in [0.5, 0.6) is 0 Å². The monoisotopic (exact) mass is 313 g/mol. The number of hydrogen-bond donors (Lipinski definition) is 1. The zero-order valence-electron chi connectivity index (χ0n) is 11.8. The average molecular weight is 313 g/mol. The highest BCUT2D eigenvalue weighted by molar-refractivity contribution is 5.94. The number of nitrogens with zero attached hydrogens (tertiary/aromatic N) is 2. The van der Waals surface area contributed by atoms with Crippen LogP contribution in [-0.2, 0) is 0 Å². The minimum absolute atomic E-state index is 0.0208. The lowest BCUT2D eigenvalue weighted by Crippen LogP contribution is -2.17. The number of allylic oxidation sites excluding steroid dienone is 1. The van der Waals surface area contributed by atoms with Gasteiger partial charge in [-0.2, -0.15) is 5.10 Å². The number of carbonyl (C=O) groups excluding carboxylic acids is 1. The van der Waals surface area contributed by atoms with E-state index in [2.05, 4.69) is 10.5 Å². The van der Waals surface area contributed by atoms with Gasteiger partial charge >= 0.3 is 0 Å². The van der Waals surface area contributed by atoms with E-state index in [-0.39, 0.29) is 11.3 Å². The molecule has 0 bridgehead atoms. The van der Waals surface area contributed by atoms with Gasteiger partial charge in [0, 0.05) is 17.8 Å². The molecule has 2 aromatic carbocycles. The lowest BCUT2D eigenvalue weighted by atomic mass is 10.2. The molecular weight excluding hydrogens is 301 g/mol. The summed E-state index contributed by atoms with van der Waals surface area (Å²) >= 11 is 0. The van der Waals surface area contributed by atoms with E-state index < -0.39 is 16.6 Å². The van der Waals surface area contributed by atoms with Gasteiger partial charge in [-0.1, -0.05) is 12.1 Å². The van der Waals surface area contributed by atoms with Crippen molar-refractivity contribution in [2.75, 3.05) is 0 Å². The maximum absolute atomic E-state index is 12.7. The number of nitrogens with one attached hydrogen (secondary N) is 1. The van der Waals surface area contributed by atoms with Crippen LogP contribution in [0.4, 0.5) is 10.1 Å². The Morgan fingerprint density at radius 2 is 1.87 bits per heavy atom. The number of carbonyl (C=O) groups is 1. The summed E-state index contributed by atoms with van der Waals surface area (Å²) in [4.78, 5) is 22.0. The van der Waals surface area contributed by atoms with Crippen LogP contribution in [0.25, 0.3) is 6.08 Å². The molecule has 116 valence electrons. The van der Waals surface area contributed by atoms with Gasteiger partial charge in [0.15, 0.2) is 0 Å². The first-order chi connectivity index (χ1) is 11.1. The second-order valence-corrected chi connectivity index (χ2v) is 4.40. The molecule has 0 atom stereocenters. The lowest BCUT2D eigenvalue weighted by molar-refractivity contribution is -0.385. The van der Waals surface area contributed by atoms with Gasteiger partial charge in [0.05, 0.1) is 10.5 Å². The quantitative estimate of drug-likeness (QED) is 0.522. The number of nitro groups is 1. The molecule has 0 aliphatic heterocycles. The fraction of sp³-hybridized carbons (Fsp3) is 0. The smallest absolute Gasteiger partial charge is 0.267 e. The van der Waals surface area contributed by atoms with Crippen molar-refractivity contribution in [2.45, 2.75) is 0 Å². The van der Waals surface area contributed by atoms with Crippen LogP contribution in [0.15, 0.2) is 59.7 Å². The predicted molar refractivity (Wildman–Crippen MR) is 84.5 cm³/mol. The van der Waals surface area contributed by atoms with Crippen molar-refractivity contribution in [3.63, 3.8) is 0 Å². The highest BCUT2D eigenvalue weighted by Gasteiger charge is 2.08. The molecule has 0 aliphatic carbocycles. The standard InChI is InChI=1S/C16H12FN3O3/c17-14-9-7-13(8-10-14)16(21)19-18-11-3-5-12-4-1-2-6-15(12)20(22)23/h1-11H,(H,19,21)/b5-3+,18-11-. The van der Waals surface area contributed by atoms with Gasteiger partial charge in [0.2, 0.25) is 0 Å². The average Bonchev–Trinajstić information content (AvgIpc) is 2.55. The van der Waals surface area contributed by atoms with Crippen molar-refractivity contribution in [3.8, 4) is 0 Å². The summed E-state index contributed by atoms with van der Waals surface area (Å²) in [6.07, 6.45) is 4.26. The van der Waals surface area contributed by atoms with Gasteiger partial charge < -0.3 is 0 Å². The van der Waals surface area contributed by atoms with Crippen LogP contribution >= 0.6 is 0 Å². The fourth-order valence-corrected chi connectivity index (χ4v) is 1.75.